The number of anilines is 2. The van der Waals surface area contributed by atoms with Gasteiger partial charge < -0.3 is 15.4 Å². The summed E-state index contributed by atoms with van der Waals surface area (Å²) in [5.74, 6) is 1.39. The molecule has 5 nitrogen and oxygen atoms in total. The Morgan fingerprint density at radius 1 is 0.900 bits per heavy atom. The minimum atomic E-state index is -0.466. The third-order valence-corrected chi connectivity index (χ3v) is 4.42. The van der Waals surface area contributed by atoms with Gasteiger partial charge in [0.25, 0.3) is 5.91 Å². The molecule has 3 aromatic rings. The highest BCUT2D eigenvalue weighted by molar-refractivity contribution is 6.06. The minimum Gasteiger partial charge on any atom is -0.457 e. The molecule has 0 atom stereocenters. The smallest absolute Gasteiger partial charge is 0.267 e. The molecular formula is C25H23N3O2. The zero-order valence-corrected chi connectivity index (χ0v) is 16.9. The predicted molar refractivity (Wildman–Crippen MR) is 119 cm³/mol. The Kier molecular flexibility index (Phi) is 6.86. The summed E-state index contributed by atoms with van der Waals surface area (Å²) >= 11 is 0. The van der Waals surface area contributed by atoms with Crippen LogP contribution < -0.4 is 15.4 Å². The van der Waals surface area contributed by atoms with E-state index in [4.69, 9.17) is 4.74 Å². The zero-order chi connectivity index (χ0) is 21.3. The van der Waals surface area contributed by atoms with Gasteiger partial charge in [0.05, 0.1) is 0 Å². The Morgan fingerprint density at radius 2 is 1.50 bits per heavy atom. The number of benzene rings is 3. The maximum atomic E-state index is 12.4. The second-order valence-corrected chi connectivity index (χ2v) is 6.98. The van der Waals surface area contributed by atoms with Crippen LogP contribution in [0.2, 0.25) is 0 Å². The van der Waals surface area contributed by atoms with Crippen LogP contribution >= 0.6 is 0 Å². The molecule has 0 aliphatic carbocycles. The van der Waals surface area contributed by atoms with Crippen LogP contribution in [0, 0.1) is 11.3 Å². The third-order valence-electron chi connectivity index (χ3n) is 4.42. The zero-order valence-electron chi connectivity index (χ0n) is 16.9. The van der Waals surface area contributed by atoms with Gasteiger partial charge in [0.1, 0.15) is 23.1 Å². The molecule has 3 rings (SSSR count). The number of rotatable bonds is 7. The van der Waals surface area contributed by atoms with Gasteiger partial charge in [-0.25, -0.2) is 0 Å². The predicted octanol–water partition coefficient (Wildman–Crippen LogP) is 6.06. The van der Waals surface area contributed by atoms with E-state index in [0.29, 0.717) is 17.4 Å². The van der Waals surface area contributed by atoms with Gasteiger partial charge >= 0.3 is 0 Å². The molecule has 0 radical (unpaired) electrons. The van der Waals surface area contributed by atoms with Crippen LogP contribution in [0.25, 0.3) is 0 Å². The van der Waals surface area contributed by atoms with Crippen molar-refractivity contribution in [3.63, 3.8) is 0 Å². The van der Waals surface area contributed by atoms with E-state index >= 15 is 0 Å². The molecule has 0 bridgehead atoms. The first-order chi connectivity index (χ1) is 14.5. The molecule has 0 unspecified atom stereocenters. The molecule has 0 aliphatic rings. The van der Waals surface area contributed by atoms with E-state index in [1.807, 2.05) is 84.9 Å². The summed E-state index contributed by atoms with van der Waals surface area (Å²) in [7, 11) is 0. The third kappa shape index (κ3) is 5.73. The quantitative estimate of drug-likeness (QED) is 0.375. The van der Waals surface area contributed by atoms with Gasteiger partial charge in [-0.3, -0.25) is 4.79 Å². The van der Waals surface area contributed by atoms with Crippen molar-refractivity contribution >= 4 is 17.3 Å². The molecule has 150 valence electrons. The number of carbonyl (C=O) groups excluding carboxylic acids is 1. The molecule has 0 aliphatic heterocycles. The monoisotopic (exact) mass is 397 g/mol. The molecule has 5 heteroatoms. The van der Waals surface area contributed by atoms with Crippen LogP contribution in [-0.2, 0) is 4.79 Å². The number of hydrogen-bond donors (Lipinski definition) is 2. The van der Waals surface area contributed by atoms with Gasteiger partial charge in [-0.15, -0.1) is 0 Å². The van der Waals surface area contributed by atoms with Gasteiger partial charge in [-0.2, -0.15) is 5.26 Å². The molecule has 0 heterocycles. The normalized spacial score (nSPS) is 10.9. The van der Waals surface area contributed by atoms with E-state index in [1.165, 1.54) is 11.8 Å². The Morgan fingerprint density at radius 3 is 2.10 bits per heavy atom. The second-order valence-electron chi connectivity index (χ2n) is 6.98. The van der Waals surface area contributed by atoms with E-state index in [2.05, 4.69) is 24.5 Å². The van der Waals surface area contributed by atoms with E-state index < -0.39 is 5.91 Å². The Bertz CT molecular complexity index is 1050. The number of nitriles is 1. The topological polar surface area (TPSA) is 74.2 Å². The number of carbonyl (C=O) groups is 1. The van der Waals surface area contributed by atoms with Gasteiger partial charge in [0, 0.05) is 17.6 Å². The van der Waals surface area contributed by atoms with Crippen LogP contribution in [0.4, 0.5) is 11.4 Å². The highest BCUT2D eigenvalue weighted by atomic mass is 16.5. The molecule has 0 spiro atoms. The lowest BCUT2D eigenvalue weighted by atomic mass is 10.0. The summed E-state index contributed by atoms with van der Waals surface area (Å²) < 4.78 is 5.75. The summed E-state index contributed by atoms with van der Waals surface area (Å²) in [5, 5.41) is 15.1. The van der Waals surface area contributed by atoms with Gasteiger partial charge in [0.2, 0.25) is 0 Å². The molecule has 0 aromatic heterocycles. The molecule has 0 saturated carbocycles. The largest absolute Gasteiger partial charge is 0.457 e. The van der Waals surface area contributed by atoms with Crippen molar-refractivity contribution in [3.05, 3.63) is 96.2 Å². The highest BCUT2D eigenvalue weighted by Gasteiger charge is 2.09. The van der Waals surface area contributed by atoms with Gasteiger partial charge in [-0.05, 0) is 60.0 Å². The molecule has 30 heavy (non-hydrogen) atoms. The first-order valence-corrected chi connectivity index (χ1v) is 9.66. The van der Waals surface area contributed by atoms with Crippen molar-refractivity contribution in [2.24, 2.45) is 0 Å². The molecule has 0 saturated heterocycles. The van der Waals surface area contributed by atoms with E-state index in [1.54, 1.807) is 0 Å². The lowest BCUT2D eigenvalue weighted by Gasteiger charge is -2.09. The molecule has 2 N–H and O–H groups in total. The summed E-state index contributed by atoms with van der Waals surface area (Å²) in [5.41, 5.74) is 2.54. The van der Waals surface area contributed by atoms with Crippen LogP contribution in [0.1, 0.15) is 25.3 Å². The van der Waals surface area contributed by atoms with Crippen LogP contribution in [-0.4, -0.2) is 5.91 Å². The van der Waals surface area contributed by atoms with Crippen molar-refractivity contribution in [2.75, 3.05) is 10.6 Å². The van der Waals surface area contributed by atoms with Crippen molar-refractivity contribution < 1.29 is 9.53 Å². The first-order valence-electron chi connectivity index (χ1n) is 9.66. The number of hydrogen-bond acceptors (Lipinski definition) is 4. The number of amides is 1. The fraction of sp³-hybridized carbons (Fsp3) is 0.120. The lowest BCUT2D eigenvalue weighted by Crippen LogP contribution is -2.14. The fourth-order valence-electron chi connectivity index (χ4n) is 2.70. The highest BCUT2D eigenvalue weighted by Crippen LogP contribution is 2.23. The minimum absolute atomic E-state index is 0.0208. The average Bonchev–Trinajstić information content (AvgIpc) is 2.76. The Balaban J connectivity index is 1.60. The Labute approximate surface area is 176 Å². The number of para-hydroxylation sites is 1. The molecule has 3 aromatic carbocycles. The first kappa shape index (κ1) is 20.7. The summed E-state index contributed by atoms with van der Waals surface area (Å²) in [4.78, 5) is 12.4. The molecule has 0 fully saturated rings. The summed E-state index contributed by atoms with van der Waals surface area (Å²) in [6, 6.07) is 26.3. The maximum absolute atomic E-state index is 12.4. The fourth-order valence-corrected chi connectivity index (χ4v) is 2.70. The van der Waals surface area contributed by atoms with Crippen molar-refractivity contribution in [1.29, 1.82) is 5.26 Å². The standard InChI is InChI=1S/C25H23N3O2/c1-18(2)19-8-10-22(11-9-19)28-25(29)20(16-26)17-27-21-12-14-24(15-13-21)30-23-6-4-3-5-7-23/h3-15,17-18,27H,1-2H3,(H,28,29)/b20-17-. The van der Waals surface area contributed by atoms with Gasteiger partial charge in [0.15, 0.2) is 0 Å². The van der Waals surface area contributed by atoms with Crippen LogP contribution in [0.15, 0.2) is 90.6 Å². The summed E-state index contributed by atoms with van der Waals surface area (Å²) in [6.07, 6.45) is 1.39. The van der Waals surface area contributed by atoms with Gasteiger partial charge in [-0.1, -0.05) is 44.2 Å². The number of ether oxygens (including phenoxy) is 1. The number of nitrogens with one attached hydrogen (secondary N) is 2. The van der Waals surface area contributed by atoms with Crippen LogP contribution in [0.5, 0.6) is 11.5 Å². The van der Waals surface area contributed by atoms with Crippen molar-refractivity contribution in [1.82, 2.24) is 0 Å². The van der Waals surface area contributed by atoms with E-state index in [0.717, 1.165) is 11.4 Å². The van der Waals surface area contributed by atoms with Crippen LogP contribution in [0.3, 0.4) is 0 Å². The van der Waals surface area contributed by atoms with Crippen molar-refractivity contribution in [2.45, 2.75) is 19.8 Å². The lowest BCUT2D eigenvalue weighted by molar-refractivity contribution is -0.112. The SMILES string of the molecule is CC(C)c1ccc(NC(=O)/C(C#N)=C\Nc2ccc(Oc3ccccc3)cc2)cc1. The summed E-state index contributed by atoms with van der Waals surface area (Å²) in [6.45, 7) is 4.21. The Hall–Kier alpha value is -4.04. The number of nitrogens with zero attached hydrogens (tertiary/aromatic N) is 1. The average molecular weight is 397 g/mol. The van der Waals surface area contributed by atoms with Crippen molar-refractivity contribution in [3.8, 4) is 17.6 Å². The van der Waals surface area contributed by atoms with E-state index in [-0.39, 0.29) is 5.57 Å². The molecule has 1 amide bonds. The second kappa shape index (κ2) is 9.94. The maximum Gasteiger partial charge on any atom is 0.267 e. The van der Waals surface area contributed by atoms with E-state index in [9.17, 15) is 10.1 Å². The molecular weight excluding hydrogens is 374 g/mol.